The number of aryl methyl sites for hydroxylation is 1. The van der Waals surface area contributed by atoms with Crippen LogP contribution in [0.1, 0.15) is 19.7 Å². The van der Waals surface area contributed by atoms with Gasteiger partial charge in [0, 0.05) is 12.7 Å². The first-order valence-corrected chi connectivity index (χ1v) is 6.90. The zero-order valence-corrected chi connectivity index (χ0v) is 11.9. The SMILES string of the molecule is Cc1ncc([N+](=O)[O-])n1CCSC(C(=O)O)C(C)C. The fraction of sp³-hybridized carbons (Fsp3) is 0.636. The standard InChI is InChI=1S/C11H17N3O4S/c1-7(2)10(11(15)16)19-5-4-13-8(3)12-6-9(13)14(17)18/h6-7,10H,4-5H2,1-3H3,(H,15,16). The lowest BCUT2D eigenvalue weighted by molar-refractivity contribution is -0.392. The largest absolute Gasteiger partial charge is 0.480 e. The summed E-state index contributed by atoms with van der Waals surface area (Å²) in [5.74, 6) is 0.157. The van der Waals surface area contributed by atoms with Gasteiger partial charge in [-0.15, -0.1) is 11.8 Å². The molecule has 7 nitrogen and oxygen atoms in total. The van der Waals surface area contributed by atoms with E-state index in [2.05, 4.69) is 4.98 Å². The minimum atomic E-state index is -0.850. The molecule has 1 N–H and O–H groups in total. The van der Waals surface area contributed by atoms with Gasteiger partial charge in [-0.1, -0.05) is 13.8 Å². The molecule has 0 spiro atoms. The molecular weight excluding hydrogens is 270 g/mol. The van der Waals surface area contributed by atoms with Crippen LogP contribution in [-0.2, 0) is 11.3 Å². The number of rotatable bonds is 7. The highest BCUT2D eigenvalue weighted by molar-refractivity contribution is 8.00. The lowest BCUT2D eigenvalue weighted by atomic mass is 10.1. The van der Waals surface area contributed by atoms with Gasteiger partial charge in [-0.2, -0.15) is 0 Å². The van der Waals surface area contributed by atoms with Crippen molar-refractivity contribution in [2.24, 2.45) is 5.92 Å². The number of nitrogens with zero attached hydrogens (tertiary/aromatic N) is 3. The summed E-state index contributed by atoms with van der Waals surface area (Å²) in [5.41, 5.74) is 0. The Bertz CT molecular complexity index is 473. The Kier molecular flexibility index (Phi) is 5.34. The lowest BCUT2D eigenvalue weighted by Gasteiger charge is -2.15. The maximum atomic E-state index is 11.0. The summed E-state index contributed by atoms with van der Waals surface area (Å²) in [4.78, 5) is 25.2. The van der Waals surface area contributed by atoms with Crippen LogP contribution in [0.2, 0.25) is 0 Å². The van der Waals surface area contributed by atoms with E-state index < -0.39 is 16.1 Å². The number of imidazole rings is 1. The van der Waals surface area contributed by atoms with Crippen LogP contribution in [0.5, 0.6) is 0 Å². The monoisotopic (exact) mass is 287 g/mol. The van der Waals surface area contributed by atoms with E-state index in [-0.39, 0.29) is 11.7 Å². The summed E-state index contributed by atoms with van der Waals surface area (Å²) in [6.45, 7) is 5.76. The van der Waals surface area contributed by atoms with Crippen molar-refractivity contribution >= 4 is 23.5 Å². The van der Waals surface area contributed by atoms with E-state index in [1.807, 2.05) is 13.8 Å². The molecule has 106 valence electrons. The molecule has 0 amide bonds. The molecule has 8 heteroatoms. The summed E-state index contributed by atoms with van der Waals surface area (Å²) in [7, 11) is 0. The third-order valence-corrected chi connectivity index (χ3v) is 4.21. The predicted molar refractivity (Wildman–Crippen MR) is 72.3 cm³/mol. The molecule has 0 bridgehead atoms. The fourth-order valence-corrected chi connectivity index (χ4v) is 2.77. The maximum Gasteiger partial charge on any atom is 0.342 e. The van der Waals surface area contributed by atoms with Crippen LogP contribution in [0.25, 0.3) is 0 Å². The number of hydrogen-bond donors (Lipinski definition) is 1. The van der Waals surface area contributed by atoms with E-state index in [4.69, 9.17) is 5.11 Å². The Morgan fingerprint density at radius 1 is 1.63 bits per heavy atom. The van der Waals surface area contributed by atoms with E-state index in [0.717, 1.165) is 0 Å². The number of nitro groups is 1. The van der Waals surface area contributed by atoms with Crippen molar-refractivity contribution in [2.75, 3.05) is 5.75 Å². The van der Waals surface area contributed by atoms with Crippen LogP contribution in [0.4, 0.5) is 5.82 Å². The summed E-state index contributed by atoms with van der Waals surface area (Å²) in [5, 5.41) is 19.3. The van der Waals surface area contributed by atoms with Gasteiger partial charge in [0.15, 0.2) is 5.82 Å². The van der Waals surface area contributed by atoms with Gasteiger partial charge >= 0.3 is 11.8 Å². The van der Waals surface area contributed by atoms with Gasteiger partial charge in [-0.3, -0.25) is 4.79 Å². The molecule has 19 heavy (non-hydrogen) atoms. The van der Waals surface area contributed by atoms with Gasteiger partial charge < -0.3 is 15.2 Å². The van der Waals surface area contributed by atoms with Crippen LogP contribution >= 0.6 is 11.8 Å². The fourth-order valence-electron chi connectivity index (χ4n) is 1.70. The second-order valence-corrected chi connectivity index (χ2v) is 5.70. The molecule has 0 aromatic carbocycles. The Balaban J connectivity index is 2.65. The summed E-state index contributed by atoms with van der Waals surface area (Å²) in [6.07, 6.45) is 1.22. The number of aliphatic carboxylic acids is 1. The van der Waals surface area contributed by atoms with E-state index in [0.29, 0.717) is 18.1 Å². The van der Waals surface area contributed by atoms with Crippen molar-refractivity contribution in [1.29, 1.82) is 0 Å². The Hall–Kier alpha value is -1.57. The molecule has 1 unspecified atom stereocenters. The topological polar surface area (TPSA) is 98.3 Å². The number of hydrogen-bond acceptors (Lipinski definition) is 5. The molecule has 0 aliphatic carbocycles. The summed E-state index contributed by atoms with van der Waals surface area (Å²) in [6, 6.07) is 0. The van der Waals surface area contributed by atoms with Crippen molar-refractivity contribution < 1.29 is 14.8 Å². The van der Waals surface area contributed by atoms with Gasteiger partial charge in [0.25, 0.3) is 0 Å². The van der Waals surface area contributed by atoms with Crippen molar-refractivity contribution in [2.45, 2.75) is 32.6 Å². The minimum Gasteiger partial charge on any atom is -0.480 e. The lowest BCUT2D eigenvalue weighted by Crippen LogP contribution is -2.23. The molecule has 1 rings (SSSR count). The van der Waals surface area contributed by atoms with Crippen molar-refractivity contribution in [3.63, 3.8) is 0 Å². The molecule has 0 saturated heterocycles. The second-order valence-electron chi connectivity index (χ2n) is 4.45. The quantitative estimate of drug-likeness (QED) is 0.608. The molecule has 0 aliphatic rings. The zero-order valence-electron chi connectivity index (χ0n) is 11.1. The first-order valence-electron chi connectivity index (χ1n) is 5.85. The van der Waals surface area contributed by atoms with E-state index in [9.17, 15) is 14.9 Å². The third-order valence-electron chi connectivity index (χ3n) is 2.68. The number of carboxylic acid groups (broad SMARTS) is 1. The van der Waals surface area contributed by atoms with Crippen molar-refractivity contribution in [1.82, 2.24) is 9.55 Å². The minimum absolute atomic E-state index is 0.0152. The third kappa shape index (κ3) is 3.95. The van der Waals surface area contributed by atoms with Crippen LogP contribution in [0.15, 0.2) is 6.20 Å². The first kappa shape index (κ1) is 15.5. The van der Waals surface area contributed by atoms with E-state index >= 15 is 0 Å². The predicted octanol–water partition coefficient (Wildman–Crippen LogP) is 1.94. The highest BCUT2D eigenvalue weighted by atomic mass is 32.2. The van der Waals surface area contributed by atoms with Gasteiger partial charge in [0.2, 0.25) is 0 Å². The van der Waals surface area contributed by atoms with Gasteiger partial charge in [-0.05, 0) is 10.8 Å². The van der Waals surface area contributed by atoms with Crippen LogP contribution in [0.3, 0.4) is 0 Å². The zero-order chi connectivity index (χ0) is 14.6. The molecule has 1 heterocycles. The van der Waals surface area contributed by atoms with Gasteiger partial charge in [0.1, 0.15) is 18.0 Å². The Morgan fingerprint density at radius 2 is 2.26 bits per heavy atom. The van der Waals surface area contributed by atoms with Crippen LogP contribution in [0, 0.1) is 23.0 Å². The Morgan fingerprint density at radius 3 is 2.74 bits per heavy atom. The van der Waals surface area contributed by atoms with E-state index in [1.165, 1.54) is 22.5 Å². The molecule has 1 aromatic rings. The molecular formula is C11H17N3O4S. The van der Waals surface area contributed by atoms with Crippen molar-refractivity contribution in [3.8, 4) is 0 Å². The van der Waals surface area contributed by atoms with E-state index in [1.54, 1.807) is 6.92 Å². The van der Waals surface area contributed by atoms with Gasteiger partial charge in [-0.25, -0.2) is 9.55 Å². The highest BCUT2D eigenvalue weighted by Crippen LogP contribution is 2.21. The first-order chi connectivity index (χ1) is 8.84. The number of thioether (sulfide) groups is 1. The average molecular weight is 287 g/mol. The summed E-state index contributed by atoms with van der Waals surface area (Å²) < 4.78 is 1.49. The normalized spacial score (nSPS) is 12.6. The molecule has 1 atom stereocenters. The Labute approximate surface area is 115 Å². The number of carbonyl (C=O) groups is 1. The highest BCUT2D eigenvalue weighted by Gasteiger charge is 2.23. The number of carboxylic acids is 1. The molecule has 0 aliphatic heterocycles. The molecule has 0 saturated carbocycles. The van der Waals surface area contributed by atoms with Gasteiger partial charge in [0.05, 0.1) is 0 Å². The second kappa shape index (κ2) is 6.55. The maximum absolute atomic E-state index is 11.0. The molecule has 0 fully saturated rings. The molecule has 1 aromatic heterocycles. The van der Waals surface area contributed by atoms with Crippen LogP contribution < -0.4 is 0 Å². The number of aromatic nitrogens is 2. The average Bonchev–Trinajstić information content (AvgIpc) is 2.65. The summed E-state index contributed by atoms with van der Waals surface area (Å²) >= 11 is 1.29. The molecule has 0 radical (unpaired) electrons. The smallest absolute Gasteiger partial charge is 0.342 e. The van der Waals surface area contributed by atoms with Crippen molar-refractivity contribution in [3.05, 3.63) is 22.1 Å². The van der Waals surface area contributed by atoms with Crippen LogP contribution in [-0.4, -0.2) is 36.6 Å².